The van der Waals surface area contributed by atoms with Crippen molar-refractivity contribution in [1.82, 2.24) is 19.7 Å². The first-order chi connectivity index (χ1) is 16.0. The highest BCUT2D eigenvalue weighted by molar-refractivity contribution is 5.85. The molecular formula is C27H34N4O2. The normalized spacial score (nSPS) is 13.8. The summed E-state index contributed by atoms with van der Waals surface area (Å²) in [5, 5.41) is 8.80. The van der Waals surface area contributed by atoms with Gasteiger partial charge in [-0.15, -0.1) is 0 Å². The molecular weight excluding hydrogens is 412 g/mol. The smallest absolute Gasteiger partial charge is 0.255 e. The second kappa shape index (κ2) is 10.2. The van der Waals surface area contributed by atoms with Gasteiger partial charge in [0.05, 0.1) is 11.4 Å². The van der Waals surface area contributed by atoms with Crippen LogP contribution in [-0.4, -0.2) is 26.8 Å². The van der Waals surface area contributed by atoms with Gasteiger partial charge in [0.15, 0.2) is 0 Å². The van der Waals surface area contributed by atoms with E-state index in [-0.39, 0.29) is 11.5 Å². The molecule has 6 nitrogen and oxygen atoms in total. The van der Waals surface area contributed by atoms with Gasteiger partial charge in [-0.3, -0.25) is 14.2 Å². The van der Waals surface area contributed by atoms with Crippen LogP contribution in [0.2, 0.25) is 0 Å². The minimum absolute atomic E-state index is 0.00468. The Balaban J connectivity index is 1.56. The number of nitrogens with one attached hydrogen (secondary N) is 1. The van der Waals surface area contributed by atoms with Gasteiger partial charge in [0.25, 0.3) is 5.56 Å². The van der Waals surface area contributed by atoms with Crippen LogP contribution in [0.1, 0.15) is 62.3 Å². The Morgan fingerprint density at radius 2 is 1.91 bits per heavy atom. The third-order valence-electron chi connectivity index (χ3n) is 6.70. The number of carbonyl (C=O) groups excluding carboxylic acids is 1. The largest absolute Gasteiger partial charge is 0.356 e. The van der Waals surface area contributed by atoms with Gasteiger partial charge in [0, 0.05) is 30.5 Å². The highest BCUT2D eigenvalue weighted by Crippen LogP contribution is 2.26. The average Bonchev–Trinajstić information content (AvgIpc) is 3.17. The fourth-order valence-corrected chi connectivity index (χ4v) is 4.93. The number of nitrogens with zero attached hydrogens (tertiary/aromatic N) is 3. The molecule has 4 rings (SSSR count). The number of hydrogen-bond acceptors (Lipinski definition) is 3. The van der Waals surface area contributed by atoms with Crippen LogP contribution < -0.4 is 10.9 Å². The Hall–Kier alpha value is -3.15. The molecule has 0 saturated carbocycles. The molecule has 2 aromatic heterocycles. The molecule has 0 radical (unpaired) electrons. The summed E-state index contributed by atoms with van der Waals surface area (Å²) in [6.45, 7) is 7.16. The van der Waals surface area contributed by atoms with E-state index in [1.807, 2.05) is 55.8 Å². The Kier molecular flexibility index (Phi) is 7.11. The van der Waals surface area contributed by atoms with Gasteiger partial charge in [0.2, 0.25) is 5.91 Å². The van der Waals surface area contributed by atoms with Crippen LogP contribution in [0, 0.1) is 13.8 Å². The standard InChI is InChI=1S/C27H34N4O2/c1-4-30-26-25(20(3)29-31(26)22-13-9-6-10-14-22)19(2)23(27(30)33)15-16-24(32)28-18-17-21-11-7-5-8-12-21/h6,9-11,13-14H,4-5,7-8,12,15-18H2,1-3H3,(H,28,32). The van der Waals surface area contributed by atoms with Crippen LogP contribution in [0.15, 0.2) is 46.8 Å². The molecule has 1 aliphatic rings. The van der Waals surface area contributed by atoms with Crippen LogP contribution in [0.4, 0.5) is 0 Å². The summed E-state index contributed by atoms with van der Waals surface area (Å²) in [5.74, 6) is 0.00468. The van der Waals surface area contributed by atoms with Crippen LogP contribution >= 0.6 is 0 Å². The average molecular weight is 447 g/mol. The number of fused-ring (bicyclic) bond motifs is 1. The lowest BCUT2D eigenvalue weighted by molar-refractivity contribution is -0.121. The molecule has 0 spiro atoms. The monoisotopic (exact) mass is 446 g/mol. The highest BCUT2D eigenvalue weighted by atomic mass is 16.1. The number of aryl methyl sites for hydroxylation is 3. The minimum Gasteiger partial charge on any atom is -0.356 e. The molecule has 0 unspecified atom stereocenters. The number of carbonyl (C=O) groups is 1. The molecule has 0 atom stereocenters. The van der Waals surface area contributed by atoms with Gasteiger partial charge in [-0.25, -0.2) is 4.68 Å². The summed E-state index contributed by atoms with van der Waals surface area (Å²) >= 11 is 0. The van der Waals surface area contributed by atoms with Crippen molar-refractivity contribution >= 4 is 16.9 Å². The molecule has 0 bridgehead atoms. The van der Waals surface area contributed by atoms with Gasteiger partial charge in [0.1, 0.15) is 5.65 Å². The van der Waals surface area contributed by atoms with Crippen LogP contribution in [0.3, 0.4) is 0 Å². The van der Waals surface area contributed by atoms with Crippen molar-refractivity contribution in [2.24, 2.45) is 0 Å². The molecule has 0 fully saturated rings. The molecule has 0 aliphatic heterocycles. The van der Waals surface area contributed by atoms with Crippen molar-refractivity contribution in [2.45, 2.75) is 72.3 Å². The van der Waals surface area contributed by atoms with Crippen LogP contribution in [-0.2, 0) is 17.8 Å². The van der Waals surface area contributed by atoms with E-state index in [1.54, 1.807) is 4.57 Å². The summed E-state index contributed by atoms with van der Waals surface area (Å²) in [6.07, 6.45) is 8.85. The molecule has 1 amide bonds. The van der Waals surface area contributed by atoms with Crippen molar-refractivity contribution in [1.29, 1.82) is 0 Å². The van der Waals surface area contributed by atoms with Crippen molar-refractivity contribution < 1.29 is 4.79 Å². The molecule has 6 heteroatoms. The van der Waals surface area contributed by atoms with Gasteiger partial charge >= 0.3 is 0 Å². The van der Waals surface area contributed by atoms with Crippen LogP contribution in [0.5, 0.6) is 0 Å². The van der Waals surface area contributed by atoms with E-state index in [1.165, 1.54) is 18.4 Å². The van der Waals surface area contributed by atoms with Gasteiger partial charge in [-0.2, -0.15) is 5.10 Å². The van der Waals surface area contributed by atoms with E-state index in [0.29, 0.717) is 31.5 Å². The van der Waals surface area contributed by atoms with Crippen molar-refractivity contribution in [2.75, 3.05) is 6.54 Å². The minimum atomic E-state index is -0.0280. The summed E-state index contributed by atoms with van der Waals surface area (Å²) in [4.78, 5) is 25.9. The lowest BCUT2D eigenvalue weighted by atomic mass is 9.97. The first kappa shape index (κ1) is 23.0. The Labute approximate surface area is 195 Å². The third kappa shape index (κ3) is 4.80. The summed E-state index contributed by atoms with van der Waals surface area (Å²) in [6, 6.07) is 9.89. The van der Waals surface area contributed by atoms with Gasteiger partial charge < -0.3 is 5.32 Å². The predicted molar refractivity (Wildman–Crippen MR) is 133 cm³/mol. The lowest BCUT2D eigenvalue weighted by Crippen LogP contribution is -2.29. The van der Waals surface area contributed by atoms with Crippen molar-refractivity contribution in [3.8, 4) is 5.69 Å². The highest BCUT2D eigenvalue weighted by Gasteiger charge is 2.21. The van der Waals surface area contributed by atoms with Gasteiger partial charge in [-0.1, -0.05) is 29.8 Å². The maximum absolute atomic E-state index is 13.4. The van der Waals surface area contributed by atoms with Crippen molar-refractivity contribution in [3.63, 3.8) is 0 Å². The fraction of sp³-hybridized carbons (Fsp3) is 0.444. The van der Waals surface area contributed by atoms with Crippen LogP contribution in [0.25, 0.3) is 16.7 Å². The molecule has 1 aliphatic carbocycles. The molecule has 2 heterocycles. The number of benzene rings is 1. The van der Waals surface area contributed by atoms with E-state index in [0.717, 1.165) is 47.2 Å². The molecule has 174 valence electrons. The molecule has 3 aromatic rings. The van der Waals surface area contributed by atoms with E-state index in [4.69, 9.17) is 5.10 Å². The molecule has 1 aromatic carbocycles. The predicted octanol–water partition coefficient (Wildman–Crippen LogP) is 4.76. The van der Waals surface area contributed by atoms with E-state index in [2.05, 4.69) is 11.4 Å². The number of allylic oxidation sites excluding steroid dienone is 1. The number of para-hydroxylation sites is 1. The fourth-order valence-electron chi connectivity index (χ4n) is 4.93. The maximum atomic E-state index is 13.4. The second-order valence-electron chi connectivity index (χ2n) is 8.89. The number of rotatable bonds is 8. The zero-order valence-corrected chi connectivity index (χ0v) is 20.0. The van der Waals surface area contributed by atoms with E-state index in [9.17, 15) is 9.59 Å². The Bertz CT molecular complexity index is 1230. The number of pyridine rings is 1. The first-order valence-corrected chi connectivity index (χ1v) is 12.1. The zero-order chi connectivity index (χ0) is 23.4. The third-order valence-corrected chi connectivity index (χ3v) is 6.70. The SMILES string of the molecule is CCn1c(=O)c(CCC(=O)NCCC2=CCCCC2)c(C)c2c(C)nn(-c3ccccc3)c21. The number of amides is 1. The summed E-state index contributed by atoms with van der Waals surface area (Å²) in [5.41, 5.74) is 5.71. The lowest BCUT2D eigenvalue weighted by Gasteiger charge is -2.15. The van der Waals surface area contributed by atoms with Gasteiger partial charge in [-0.05, 0) is 77.0 Å². The molecule has 33 heavy (non-hydrogen) atoms. The van der Waals surface area contributed by atoms with Crippen molar-refractivity contribution in [3.05, 3.63) is 69.2 Å². The molecule has 0 saturated heterocycles. The number of hydrogen-bond donors (Lipinski definition) is 1. The van der Waals surface area contributed by atoms with E-state index >= 15 is 0 Å². The zero-order valence-electron chi connectivity index (χ0n) is 20.0. The first-order valence-electron chi connectivity index (χ1n) is 12.1. The quantitative estimate of drug-likeness (QED) is 0.507. The summed E-state index contributed by atoms with van der Waals surface area (Å²) in [7, 11) is 0. The van der Waals surface area contributed by atoms with E-state index < -0.39 is 0 Å². The maximum Gasteiger partial charge on any atom is 0.255 e. The Morgan fingerprint density at radius 1 is 1.12 bits per heavy atom. The topological polar surface area (TPSA) is 68.9 Å². The number of aromatic nitrogens is 3. The molecule has 1 N–H and O–H groups in total. The summed E-state index contributed by atoms with van der Waals surface area (Å²) < 4.78 is 3.65. The second-order valence-corrected chi connectivity index (χ2v) is 8.89. The Morgan fingerprint density at radius 3 is 2.61 bits per heavy atom.